The van der Waals surface area contributed by atoms with Crippen LogP contribution in [0, 0.1) is 5.41 Å². The van der Waals surface area contributed by atoms with Gasteiger partial charge in [0.1, 0.15) is 10.9 Å². The van der Waals surface area contributed by atoms with Gasteiger partial charge in [0, 0.05) is 22.5 Å². The summed E-state index contributed by atoms with van der Waals surface area (Å²) in [5.41, 5.74) is 7.35. The molecule has 0 spiro atoms. The molecule has 0 saturated heterocycles. The van der Waals surface area contributed by atoms with Gasteiger partial charge in [0.25, 0.3) is 0 Å². The average Bonchev–Trinajstić information content (AvgIpc) is 2.38. The van der Waals surface area contributed by atoms with Crippen molar-refractivity contribution in [2.45, 2.75) is 10.8 Å². The summed E-state index contributed by atoms with van der Waals surface area (Å²) in [7, 11) is 0. The van der Waals surface area contributed by atoms with Gasteiger partial charge >= 0.3 is 0 Å². The molecular weight excluding hydrogens is 266 g/mol. The van der Waals surface area contributed by atoms with Gasteiger partial charge in [0.15, 0.2) is 0 Å². The lowest BCUT2D eigenvalue weighted by Crippen LogP contribution is -2.12. The Kier molecular flexibility index (Phi) is 4.23. The Labute approximate surface area is 115 Å². The van der Waals surface area contributed by atoms with E-state index in [4.69, 9.17) is 22.7 Å². The van der Waals surface area contributed by atoms with Crippen molar-refractivity contribution >= 4 is 29.2 Å². The number of nitrogens with two attached hydrogens (primary N) is 1. The monoisotopic (exact) mass is 277 g/mol. The Morgan fingerprint density at radius 1 is 1.28 bits per heavy atom. The van der Waals surface area contributed by atoms with Crippen LogP contribution in [0.3, 0.4) is 0 Å². The van der Waals surface area contributed by atoms with Gasteiger partial charge in [-0.25, -0.2) is 4.98 Å². The maximum absolute atomic E-state index is 7.49. The zero-order valence-corrected chi connectivity index (χ0v) is 11.1. The van der Waals surface area contributed by atoms with E-state index in [1.54, 1.807) is 30.1 Å². The highest BCUT2D eigenvalue weighted by Gasteiger charge is 2.06. The number of nitrogens with zero attached hydrogens (tertiary/aromatic N) is 1. The number of nitrogen functional groups attached to an aromatic ring is 1. The van der Waals surface area contributed by atoms with Gasteiger partial charge in [0.05, 0.1) is 0 Å². The van der Waals surface area contributed by atoms with Gasteiger partial charge in [-0.1, -0.05) is 23.7 Å². The summed E-state index contributed by atoms with van der Waals surface area (Å²) in [5.74, 6) is 0.816. The molecule has 0 aliphatic heterocycles. The standard InChI is InChI=1S/C13H12ClN3S/c14-10-5-3-9(4-6-10)8-18-13-11(12(15)16)2-1-7-17-13/h1-7H,8H2,(H3,15,16). The molecular formula is C13H12ClN3S. The van der Waals surface area contributed by atoms with E-state index >= 15 is 0 Å². The third-order valence-corrected chi connectivity index (χ3v) is 3.68. The molecule has 5 heteroatoms. The largest absolute Gasteiger partial charge is 0.384 e. The summed E-state index contributed by atoms with van der Waals surface area (Å²) in [6, 6.07) is 11.3. The molecule has 1 heterocycles. The van der Waals surface area contributed by atoms with Crippen LogP contribution in [0.5, 0.6) is 0 Å². The van der Waals surface area contributed by atoms with Gasteiger partial charge in [-0.15, -0.1) is 11.8 Å². The number of rotatable bonds is 4. The van der Waals surface area contributed by atoms with Crippen LogP contribution in [0.15, 0.2) is 47.6 Å². The smallest absolute Gasteiger partial charge is 0.125 e. The van der Waals surface area contributed by atoms with Crippen LogP contribution in [0.4, 0.5) is 0 Å². The third kappa shape index (κ3) is 3.24. The van der Waals surface area contributed by atoms with Crippen LogP contribution in [-0.4, -0.2) is 10.8 Å². The summed E-state index contributed by atoms with van der Waals surface area (Å²) in [6.45, 7) is 0. The molecule has 2 rings (SSSR count). The highest BCUT2D eigenvalue weighted by Crippen LogP contribution is 2.24. The van der Waals surface area contributed by atoms with Crippen LogP contribution in [0.2, 0.25) is 5.02 Å². The first-order valence-electron chi connectivity index (χ1n) is 5.33. The molecule has 0 atom stereocenters. The fourth-order valence-corrected chi connectivity index (χ4v) is 2.53. The molecule has 1 aromatic heterocycles. The maximum atomic E-state index is 7.49. The first kappa shape index (κ1) is 12.9. The van der Waals surface area contributed by atoms with Crippen molar-refractivity contribution in [2.75, 3.05) is 0 Å². The summed E-state index contributed by atoms with van der Waals surface area (Å²) in [5, 5.41) is 9.00. The van der Waals surface area contributed by atoms with Crippen LogP contribution in [-0.2, 0) is 5.75 Å². The molecule has 0 saturated carbocycles. The van der Waals surface area contributed by atoms with Crippen molar-refractivity contribution in [3.05, 3.63) is 58.7 Å². The lowest BCUT2D eigenvalue weighted by atomic mass is 10.2. The molecule has 2 aromatic rings. The van der Waals surface area contributed by atoms with E-state index < -0.39 is 0 Å². The van der Waals surface area contributed by atoms with Gasteiger partial charge < -0.3 is 5.73 Å². The number of amidine groups is 1. The van der Waals surface area contributed by atoms with Crippen molar-refractivity contribution in [3.63, 3.8) is 0 Å². The highest BCUT2D eigenvalue weighted by atomic mass is 35.5. The Hall–Kier alpha value is -1.52. The summed E-state index contributed by atoms with van der Waals surface area (Å²) in [6.07, 6.45) is 1.70. The number of hydrogen-bond donors (Lipinski definition) is 2. The van der Waals surface area contributed by atoms with E-state index in [1.165, 1.54) is 0 Å². The van der Waals surface area contributed by atoms with E-state index in [0.29, 0.717) is 5.56 Å². The van der Waals surface area contributed by atoms with Crippen molar-refractivity contribution in [1.82, 2.24) is 4.98 Å². The first-order valence-corrected chi connectivity index (χ1v) is 6.70. The first-order chi connectivity index (χ1) is 8.66. The Bertz CT molecular complexity index is 554. The molecule has 3 N–H and O–H groups in total. The second-order valence-electron chi connectivity index (χ2n) is 3.68. The van der Waals surface area contributed by atoms with Crippen LogP contribution >= 0.6 is 23.4 Å². The number of nitrogens with one attached hydrogen (secondary N) is 1. The molecule has 0 fully saturated rings. The number of aromatic nitrogens is 1. The quantitative estimate of drug-likeness (QED) is 0.512. The van der Waals surface area contributed by atoms with E-state index in [-0.39, 0.29) is 5.84 Å². The zero-order chi connectivity index (χ0) is 13.0. The topological polar surface area (TPSA) is 62.8 Å². The van der Waals surface area contributed by atoms with Crippen molar-refractivity contribution in [2.24, 2.45) is 5.73 Å². The molecule has 92 valence electrons. The SMILES string of the molecule is N=C(N)c1cccnc1SCc1ccc(Cl)cc1. The predicted octanol–water partition coefficient (Wildman–Crippen LogP) is 3.31. The van der Waals surface area contributed by atoms with E-state index in [0.717, 1.165) is 21.4 Å². The molecule has 0 unspecified atom stereocenters. The van der Waals surface area contributed by atoms with Crippen molar-refractivity contribution in [1.29, 1.82) is 5.41 Å². The average molecular weight is 278 g/mol. The number of pyridine rings is 1. The third-order valence-electron chi connectivity index (χ3n) is 2.35. The second-order valence-corrected chi connectivity index (χ2v) is 5.09. The van der Waals surface area contributed by atoms with Gasteiger partial charge in [0.2, 0.25) is 0 Å². The molecule has 1 aromatic carbocycles. The minimum absolute atomic E-state index is 0.0432. The second kappa shape index (κ2) is 5.89. The molecule has 0 amide bonds. The minimum atomic E-state index is 0.0432. The minimum Gasteiger partial charge on any atom is -0.384 e. The molecule has 0 radical (unpaired) electrons. The van der Waals surface area contributed by atoms with Crippen molar-refractivity contribution in [3.8, 4) is 0 Å². The maximum Gasteiger partial charge on any atom is 0.125 e. The fourth-order valence-electron chi connectivity index (χ4n) is 1.44. The van der Waals surface area contributed by atoms with Crippen LogP contribution in [0.1, 0.15) is 11.1 Å². The van der Waals surface area contributed by atoms with E-state index in [1.807, 2.05) is 24.3 Å². The molecule has 0 bridgehead atoms. The van der Waals surface area contributed by atoms with Gasteiger partial charge in [-0.3, -0.25) is 5.41 Å². The lowest BCUT2D eigenvalue weighted by Gasteiger charge is -2.06. The van der Waals surface area contributed by atoms with Gasteiger partial charge in [-0.2, -0.15) is 0 Å². The summed E-state index contributed by atoms with van der Waals surface area (Å²) in [4.78, 5) is 4.25. The highest BCUT2D eigenvalue weighted by molar-refractivity contribution is 7.98. The van der Waals surface area contributed by atoms with Crippen LogP contribution < -0.4 is 5.73 Å². The van der Waals surface area contributed by atoms with E-state index in [9.17, 15) is 0 Å². The number of halogens is 1. The van der Waals surface area contributed by atoms with E-state index in [2.05, 4.69) is 4.98 Å². The molecule has 0 aliphatic rings. The predicted molar refractivity (Wildman–Crippen MR) is 76.3 cm³/mol. The summed E-state index contributed by atoms with van der Waals surface area (Å²) < 4.78 is 0. The normalized spacial score (nSPS) is 10.3. The van der Waals surface area contributed by atoms with Gasteiger partial charge in [-0.05, 0) is 29.8 Å². The Morgan fingerprint density at radius 2 is 2.00 bits per heavy atom. The lowest BCUT2D eigenvalue weighted by molar-refractivity contribution is 1.11. The Morgan fingerprint density at radius 3 is 2.67 bits per heavy atom. The number of hydrogen-bond acceptors (Lipinski definition) is 3. The number of thioether (sulfide) groups is 1. The van der Waals surface area contributed by atoms with Crippen molar-refractivity contribution < 1.29 is 0 Å². The number of benzene rings is 1. The zero-order valence-electron chi connectivity index (χ0n) is 9.56. The van der Waals surface area contributed by atoms with Crippen LogP contribution in [0.25, 0.3) is 0 Å². The molecule has 0 aliphatic carbocycles. The fraction of sp³-hybridized carbons (Fsp3) is 0.0769. The Balaban J connectivity index is 2.10. The molecule has 3 nitrogen and oxygen atoms in total. The summed E-state index contributed by atoms with van der Waals surface area (Å²) >= 11 is 7.39. The molecule has 18 heavy (non-hydrogen) atoms.